The fraction of sp³-hybridized carbons (Fsp3) is 0.520. The van der Waals surface area contributed by atoms with E-state index >= 15 is 4.39 Å². The summed E-state index contributed by atoms with van der Waals surface area (Å²) in [5.74, 6) is -0.519. The van der Waals surface area contributed by atoms with Crippen LogP contribution in [0.5, 0.6) is 11.6 Å². The van der Waals surface area contributed by atoms with Crippen LogP contribution in [0.25, 0.3) is 11.2 Å². The average Bonchev–Trinajstić information content (AvgIpc) is 3.41. The van der Waals surface area contributed by atoms with Gasteiger partial charge in [-0.15, -0.1) is 0 Å². The van der Waals surface area contributed by atoms with E-state index in [1.165, 1.54) is 17.8 Å². The Morgan fingerprint density at radius 3 is 2.66 bits per heavy atom. The number of ether oxygens (including phenoxy) is 3. The number of imidazole rings is 1. The molecule has 1 saturated heterocycles. The number of rotatable bonds is 12. The summed E-state index contributed by atoms with van der Waals surface area (Å²) in [5, 5.41) is 13.4. The van der Waals surface area contributed by atoms with Crippen molar-refractivity contribution in [1.82, 2.24) is 24.6 Å². The number of aliphatic hydroxyl groups excluding tert-OH is 1. The van der Waals surface area contributed by atoms with Gasteiger partial charge >= 0.3 is 13.7 Å². The minimum atomic E-state index is -4.29. The Hall–Kier alpha value is -3.36. The number of alkyl halides is 1. The van der Waals surface area contributed by atoms with Crippen LogP contribution in [0.4, 0.5) is 10.3 Å². The van der Waals surface area contributed by atoms with E-state index in [-0.39, 0.29) is 35.3 Å². The molecule has 0 spiro atoms. The monoisotopic (exact) mass is 596 g/mol. The predicted octanol–water partition coefficient (Wildman–Crippen LogP) is 2.93. The lowest BCUT2D eigenvalue weighted by Gasteiger charge is -2.25. The maximum atomic E-state index is 16.0. The smallest absolute Gasteiger partial charge is 0.459 e. The summed E-state index contributed by atoms with van der Waals surface area (Å²) in [6.45, 7) is 7.38. The summed E-state index contributed by atoms with van der Waals surface area (Å²) in [7, 11) is -4.29. The number of carbonyl (C=O) groups is 1. The quantitative estimate of drug-likeness (QED) is 0.205. The molecule has 3 heterocycles. The van der Waals surface area contributed by atoms with Gasteiger partial charge in [0.2, 0.25) is 11.8 Å². The second kappa shape index (κ2) is 12.2. The Morgan fingerprint density at radius 2 is 2.00 bits per heavy atom. The molecule has 16 heteroatoms. The molecule has 41 heavy (non-hydrogen) atoms. The number of nitrogens with zero attached hydrogens (tertiary/aromatic N) is 4. The molecule has 0 saturated carbocycles. The highest BCUT2D eigenvalue weighted by atomic mass is 31.2. The molecule has 2 aromatic heterocycles. The first-order valence-corrected chi connectivity index (χ1v) is 14.5. The molecule has 1 aliphatic heterocycles. The molecular weight excluding hydrogens is 562 g/mol. The lowest BCUT2D eigenvalue weighted by Crippen LogP contribution is -2.41. The van der Waals surface area contributed by atoms with Crippen molar-refractivity contribution in [3.05, 3.63) is 36.7 Å². The van der Waals surface area contributed by atoms with E-state index in [4.69, 9.17) is 29.0 Å². The number of carbonyl (C=O) groups excluding carboxylic acids is 1. The van der Waals surface area contributed by atoms with E-state index in [1.54, 1.807) is 51.1 Å². The number of benzene rings is 1. The van der Waals surface area contributed by atoms with Gasteiger partial charge in [-0.25, -0.2) is 13.9 Å². The van der Waals surface area contributed by atoms with E-state index in [0.717, 1.165) is 6.92 Å². The summed E-state index contributed by atoms with van der Waals surface area (Å²) in [4.78, 5) is 24.8. The third-order valence-corrected chi connectivity index (χ3v) is 7.74. The molecular formula is C25H34FN6O8P. The van der Waals surface area contributed by atoms with Crippen LogP contribution < -0.4 is 20.1 Å². The molecule has 1 aromatic carbocycles. The van der Waals surface area contributed by atoms with Crippen LogP contribution in [0, 0.1) is 0 Å². The van der Waals surface area contributed by atoms with Crippen molar-refractivity contribution in [3.63, 3.8) is 0 Å². The molecule has 1 fully saturated rings. The summed E-state index contributed by atoms with van der Waals surface area (Å²) in [6.07, 6.45) is -3.61. The SMILES string of the molecule is CCOc1nc(N)nc2c1ncn2[C@@H]1OC(CO[P@@](=O)(N[C@H](C)C(=O)OC(C)C)Oc2ccccc2)[C@@H](O)[C@@]1(C)F. The second-order valence-electron chi connectivity index (χ2n) is 9.80. The number of aromatic nitrogens is 4. The number of anilines is 1. The highest BCUT2D eigenvalue weighted by molar-refractivity contribution is 7.52. The molecule has 4 rings (SSSR count). The van der Waals surface area contributed by atoms with Crippen LogP contribution in [0.3, 0.4) is 0 Å². The molecule has 0 aliphatic carbocycles. The summed E-state index contributed by atoms with van der Waals surface area (Å²) in [6, 6.07) is 7.03. The number of nitrogen functional groups attached to an aromatic ring is 1. The van der Waals surface area contributed by atoms with Gasteiger partial charge in [0.25, 0.3) is 0 Å². The minimum Gasteiger partial charge on any atom is -0.476 e. The first-order valence-electron chi connectivity index (χ1n) is 13.0. The molecule has 0 bridgehead atoms. The maximum absolute atomic E-state index is 16.0. The van der Waals surface area contributed by atoms with Crippen molar-refractivity contribution in [3.8, 4) is 11.6 Å². The third-order valence-electron chi connectivity index (χ3n) is 6.09. The minimum absolute atomic E-state index is 0.114. The number of nitrogens with two attached hydrogens (primary N) is 1. The number of para-hydroxylation sites is 1. The van der Waals surface area contributed by atoms with E-state index in [0.29, 0.717) is 0 Å². The molecule has 0 amide bonds. The van der Waals surface area contributed by atoms with Gasteiger partial charge in [-0.1, -0.05) is 18.2 Å². The molecule has 3 aromatic rings. The van der Waals surface area contributed by atoms with Crippen molar-refractivity contribution in [2.75, 3.05) is 18.9 Å². The largest absolute Gasteiger partial charge is 0.476 e. The lowest BCUT2D eigenvalue weighted by molar-refractivity contribution is -0.149. The number of halogens is 1. The van der Waals surface area contributed by atoms with Gasteiger partial charge in [0, 0.05) is 0 Å². The zero-order chi connectivity index (χ0) is 29.9. The highest BCUT2D eigenvalue weighted by Gasteiger charge is 2.56. The fourth-order valence-electron chi connectivity index (χ4n) is 4.17. The third kappa shape index (κ3) is 6.76. The van der Waals surface area contributed by atoms with E-state index < -0.39 is 56.6 Å². The van der Waals surface area contributed by atoms with Crippen molar-refractivity contribution >= 4 is 30.8 Å². The van der Waals surface area contributed by atoms with Gasteiger partial charge in [-0.05, 0) is 46.8 Å². The van der Waals surface area contributed by atoms with Crippen molar-refractivity contribution < 1.29 is 42.1 Å². The summed E-state index contributed by atoms with van der Waals surface area (Å²) >= 11 is 0. The summed E-state index contributed by atoms with van der Waals surface area (Å²) in [5.41, 5.74) is 3.79. The molecule has 14 nitrogen and oxygen atoms in total. The van der Waals surface area contributed by atoms with Crippen LogP contribution in [0.15, 0.2) is 36.7 Å². The Labute approximate surface area is 235 Å². The molecule has 1 aliphatic rings. The van der Waals surface area contributed by atoms with Crippen LogP contribution in [-0.2, 0) is 23.4 Å². The standard InChI is InChI=1S/C25H34FN6O8P/c1-6-36-21-18-20(29-24(27)30-21)32(13-28-18)23-25(5,26)19(33)17(39-23)12-37-41(35,40-16-10-8-7-9-11-16)31-15(4)22(34)38-14(2)3/h7-11,13-15,17,19,23,33H,6,12H2,1-5H3,(H,31,35)(H2,27,29,30)/t15-,17?,19-,23-,25-,41+/m1/s1. The molecule has 4 N–H and O–H groups in total. The van der Waals surface area contributed by atoms with Crippen LogP contribution >= 0.6 is 7.75 Å². The summed E-state index contributed by atoms with van der Waals surface area (Å²) < 4.78 is 58.8. The number of nitrogens with one attached hydrogen (secondary N) is 1. The van der Waals surface area contributed by atoms with Crippen molar-refractivity contribution in [1.29, 1.82) is 0 Å². The van der Waals surface area contributed by atoms with Gasteiger partial charge in [-0.3, -0.25) is 13.9 Å². The second-order valence-corrected chi connectivity index (χ2v) is 11.5. The number of aliphatic hydroxyl groups is 1. The number of fused-ring (bicyclic) bond motifs is 1. The normalized spacial score (nSPS) is 24.7. The Bertz CT molecular complexity index is 1410. The fourth-order valence-corrected chi connectivity index (χ4v) is 5.67. The van der Waals surface area contributed by atoms with Crippen molar-refractivity contribution in [2.45, 2.75) is 70.9 Å². The topological polar surface area (TPSA) is 182 Å². The lowest BCUT2D eigenvalue weighted by atomic mass is 9.98. The number of hydrogen-bond acceptors (Lipinski definition) is 12. The first-order chi connectivity index (χ1) is 19.3. The van der Waals surface area contributed by atoms with E-state index in [2.05, 4.69) is 20.0 Å². The zero-order valence-corrected chi connectivity index (χ0v) is 24.2. The predicted molar refractivity (Wildman–Crippen MR) is 145 cm³/mol. The van der Waals surface area contributed by atoms with Crippen LogP contribution in [0.1, 0.15) is 40.8 Å². The van der Waals surface area contributed by atoms with Gasteiger partial charge in [0.15, 0.2) is 23.1 Å². The Balaban J connectivity index is 1.56. The highest BCUT2D eigenvalue weighted by Crippen LogP contribution is 2.48. The van der Waals surface area contributed by atoms with Gasteiger partial charge < -0.3 is 29.6 Å². The molecule has 6 atom stereocenters. The number of hydrogen-bond donors (Lipinski definition) is 3. The maximum Gasteiger partial charge on any atom is 0.459 e. The van der Waals surface area contributed by atoms with Crippen molar-refractivity contribution in [2.24, 2.45) is 0 Å². The van der Waals surface area contributed by atoms with Gasteiger partial charge in [0.1, 0.15) is 24.0 Å². The Kier molecular flexibility index (Phi) is 9.14. The number of esters is 1. The molecule has 0 radical (unpaired) electrons. The first kappa shape index (κ1) is 30.6. The zero-order valence-electron chi connectivity index (χ0n) is 23.3. The molecule has 224 valence electrons. The van der Waals surface area contributed by atoms with E-state index in [1.807, 2.05) is 0 Å². The average molecular weight is 597 g/mol. The Morgan fingerprint density at radius 1 is 1.29 bits per heavy atom. The van der Waals surface area contributed by atoms with Crippen LogP contribution in [0.2, 0.25) is 0 Å². The van der Waals surface area contributed by atoms with Gasteiger partial charge in [-0.2, -0.15) is 15.1 Å². The van der Waals surface area contributed by atoms with Gasteiger partial charge in [0.05, 0.1) is 25.6 Å². The van der Waals surface area contributed by atoms with E-state index in [9.17, 15) is 14.5 Å². The molecule has 1 unspecified atom stereocenters. The van der Waals surface area contributed by atoms with Crippen LogP contribution in [-0.4, -0.2) is 73.8 Å².